The van der Waals surface area contributed by atoms with Gasteiger partial charge in [-0.1, -0.05) is 19.9 Å². The first-order valence-corrected chi connectivity index (χ1v) is 12.9. The standard InChI is InChI=1S/C27H34N4O6/c1-27(2)16-12-31(26(36)19-11-15-17(29-19)7-4-8-21(15)37-3)23(22(16)27)25(35)30-18(20(33)13-32)10-14-6-5-9-28-24(14)34/h4,7-8,11,14,16,18,22-23,29,32H,5-6,9-10,12-13H2,1-3H3,(H,28,34)(H,30,35). The highest BCUT2D eigenvalue weighted by molar-refractivity contribution is 6.02. The first-order valence-electron chi connectivity index (χ1n) is 12.9. The molecule has 10 heteroatoms. The van der Waals surface area contributed by atoms with E-state index in [1.54, 1.807) is 18.1 Å². The van der Waals surface area contributed by atoms with Gasteiger partial charge < -0.3 is 30.4 Å². The number of benzene rings is 1. The van der Waals surface area contributed by atoms with Gasteiger partial charge in [-0.15, -0.1) is 0 Å². The molecular formula is C27H34N4O6. The second-order valence-electron chi connectivity index (χ2n) is 11.0. The Hall–Kier alpha value is -3.40. The van der Waals surface area contributed by atoms with Gasteiger partial charge in [0.15, 0.2) is 5.78 Å². The summed E-state index contributed by atoms with van der Waals surface area (Å²) >= 11 is 0. The van der Waals surface area contributed by atoms with Crippen LogP contribution in [0, 0.1) is 23.2 Å². The number of fused-ring (bicyclic) bond motifs is 2. The number of hydrogen-bond donors (Lipinski definition) is 4. The van der Waals surface area contributed by atoms with E-state index in [2.05, 4.69) is 29.5 Å². The summed E-state index contributed by atoms with van der Waals surface area (Å²) in [5, 5.41) is 15.9. The second-order valence-corrected chi connectivity index (χ2v) is 11.0. The van der Waals surface area contributed by atoms with Crippen LogP contribution in [0.1, 0.15) is 43.6 Å². The number of aliphatic hydroxyl groups excluding tert-OH is 1. The zero-order valence-corrected chi connectivity index (χ0v) is 21.4. The van der Waals surface area contributed by atoms with Gasteiger partial charge in [-0.3, -0.25) is 19.2 Å². The number of nitrogens with one attached hydrogen (secondary N) is 3. The molecule has 2 saturated heterocycles. The van der Waals surface area contributed by atoms with Crippen LogP contribution in [0.5, 0.6) is 5.75 Å². The van der Waals surface area contributed by atoms with E-state index in [0.717, 1.165) is 17.3 Å². The topological polar surface area (TPSA) is 141 Å². The van der Waals surface area contributed by atoms with E-state index < -0.39 is 36.3 Å². The van der Waals surface area contributed by atoms with Crippen molar-refractivity contribution in [2.75, 3.05) is 26.8 Å². The highest BCUT2D eigenvalue weighted by atomic mass is 16.5. The van der Waals surface area contributed by atoms with E-state index >= 15 is 0 Å². The Labute approximate surface area is 215 Å². The van der Waals surface area contributed by atoms with Crippen LogP contribution in [-0.2, 0) is 14.4 Å². The van der Waals surface area contributed by atoms with Gasteiger partial charge in [-0.05, 0) is 54.7 Å². The summed E-state index contributed by atoms with van der Waals surface area (Å²) in [5.41, 5.74) is 1.01. The van der Waals surface area contributed by atoms with Gasteiger partial charge in [0.05, 0.1) is 13.2 Å². The molecule has 1 aromatic heterocycles. The fourth-order valence-electron chi connectivity index (χ4n) is 6.35. The minimum atomic E-state index is -0.999. The van der Waals surface area contributed by atoms with Crippen LogP contribution in [0.3, 0.4) is 0 Å². The maximum atomic E-state index is 13.7. The second kappa shape index (κ2) is 9.48. The Balaban J connectivity index is 1.39. The smallest absolute Gasteiger partial charge is 0.271 e. The van der Waals surface area contributed by atoms with Crippen LogP contribution < -0.4 is 15.4 Å². The fraction of sp³-hybridized carbons (Fsp3) is 0.556. The number of nitrogens with zero attached hydrogens (tertiary/aromatic N) is 1. The lowest BCUT2D eigenvalue weighted by Crippen LogP contribution is -2.54. The van der Waals surface area contributed by atoms with Gasteiger partial charge >= 0.3 is 0 Å². The monoisotopic (exact) mass is 510 g/mol. The lowest BCUT2D eigenvalue weighted by atomic mass is 9.90. The molecule has 5 atom stereocenters. The van der Waals surface area contributed by atoms with Crippen LogP contribution in [0.25, 0.3) is 10.9 Å². The van der Waals surface area contributed by atoms with E-state index in [0.29, 0.717) is 31.0 Å². The first kappa shape index (κ1) is 25.3. The Morgan fingerprint density at radius 1 is 1.30 bits per heavy atom. The van der Waals surface area contributed by atoms with E-state index in [1.165, 1.54) is 0 Å². The summed E-state index contributed by atoms with van der Waals surface area (Å²) in [5.74, 6) is -1.06. The average Bonchev–Trinajstić information content (AvgIpc) is 3.27. The SMILES string of the molecule is COc1cccc2[nH]c(C(=O)N3CC4C(C3C(=O)NC(CC3CCCNC3=O)C(=O)CO)C4(C)C)cc12. The number of ketones is 1. The van der Waals surface area contributed by atoms with Crippen molar-refractivity contribution >= 4 is 34.4 Å². The Morgan fingerprint density at radius 2 is 2.08 bits per heavy atom. The minimum absolute atomic E-state index is 0.0433. The molecule has 0 radical (unpaired) electrons. The molecule has 2 aliphatic heterocycles. The number of H-pyrrole nitrogens is 1. The van der Waals surface area contributed by atoms with E-state index in [9.17, 15) is 24.3 Å². The number of aromatic amines is 1. The molecule has 1 aliphatic carbocycles. The zero-order valence-electron chi connectivity index (χ0n) is 21.4. The number of ether oxygens (including phenoxy) is 1. The summed E-state index contributed by atoms with van der Waals surface area (Å²) in [6.45, 7) is 4.46. The maximum Gasteiger partial charge on any atom is 0.271 e. The zero-order chi connectivity index (χ0) is 26.5. The number of aliphatic hydroxyl groups is 1. The molecule has 4 N–H and O–H groups in total. The van der Waals surface area contributed by atoms with Crippen LogP contribution >= 0.6 is 0 Å². The number of hydrogen-bond acceptors (Lipinski definition) is 6. The fourth-order valence-corrected chi connectivity index (χ4v) is 6.35. The Morgan fingerprint density at radius 3 is 2.78 bits per heavy atom. The molecule has 5 unspecified atom stereocenters. The Bertz CT molecular complexity index is 1250. The summed E-state index contributed by atoms with van der Waals surface area (Å²) in [4.78, 5) is 56.9. The molecule has 37 heavy (non-hydrogen) atoms. The number of likely N-dealkylation sites (tertiary alicyclic amines) is 1. The van der Waals surface area contributed by atoms with E-state index in [4.69, 9.17) is 4.74 Å². The van der Waals surface area contributed by atoms with Crippen LogP contribution in [0.4, 0.5) is 0 Å². The van der Waals surface area contributed by atoms with Crippen LogP contribution in [0.2, 0.25) is 0 Å². The molecule has 198 valence electrons. The summed E-state index contributed by atoms with van der Waals surface area (Å²) in [6, 6.07) is 5.49. The van der Waals surface area contributed by atoms with Crippen molar-refractivity contribution in [3.63, 3.8) is 0 Å². The van der Waals surface area contributed by atoms with Crippen molar-refractivity contribution in [2.24, 2.45) is 23.2 Å². The number of amides is 3. The largest absolute Gasteiger partial charge is 0.496 e. The number of carbonyl (C=O) groups is 4. The molecule has 3 fully saturated rings. The molecular weight excluding hydrogens is 476 g/mol. The number of carbonyl (C=O) groups excluding carboxylic acids is 4. The summed E-state index contributed by atoms with van der Waals surface area (Å²) in [7, 11) is 1.57. The van der Waals surface area contributed by atoms with Crippen molar-refractivity contribution in [3.05, 3.63) is 30.0 Å². The van der Waals surface area contributed by atoms with Crippen LogP contribution in [0.15, 0.2) is 24.3 Å². The third kappa shape index (κ3) is 4.37. The highest BCUT2D eigenvalue weighted by Gasteiger charge is 2.69. The predicted octanol–water partition coefficient (Wildman–Crippen LogP) is 1.24. The summed E-state index contributed by atoms with van der Waals surface area (Å²) < 4.78 is 5.41. The van der Waals surface area contributed by atoms with Gasteiger partial charge in [0.25, 0.3) is 5.91 Å². The molecule has 2 aromatic rings. The van der Waals surface area contributed by atoms with Crippen molar-refractivity contribution in [1.82, 2.24) is 20.5 Å². The number of aromatic nitrogens is 1. The average molecular weight is 511 g/mol. The molecule has 3 aliphatic rings. The van der Waals surface area contributed by atoms with Crippen molar-refractivity contribution in [2.45, 2.75) is 45.2 Å². The molecule has 0 spiro atoms. The quantitative estimate of drug-likeness (QED) is 0.421. The van der Waals surface area contributed by atoms with Gasteiger partial charge in [0, 0.05) is 29.9 Å². The van der Waals surface area contributed by atoms with Gasteiger partial charge in [-0.2, -0.15) is 0 Å². The lowest BCUT2D eigenvalue weighted by Gasteiger charge is -2.32. The molecule has 3 amide bonds. The van der Waals surface area contributed by atoms with Gasteiger partial charge in [0.1, 0.15) is 24.1 Å². The Kier molecular flexibility index (Phi) is 6.47. The molecule has 10 nitrogen and oxygen atoms in total. The summed E-state index contributed by atoms with van der Waals surface area (Å²) in [6.07, 6.45) is 1.53. The molecule has 1 saturated carbocycles. The van der Waals surface area contributed by atoms with Crippen molar-refractivity contribution in [1.29, 1.82) is 0 Å². The highest BCUT2D eigenvalue weighted by Crippen LogP contribution is 2.65. The minimum Gasteiger partial charge on any atom is -0.496 e. The number of methoxy groups -OCH3 is 1. The van der Waals surface area contributed by atoms with Crippen LogP contribution in [-0.4, -0.2) is 77.4 Å². The van der Waals surface area contributed by atoms with Gasteiger partial charge in [0.2, 0.25) is 11.8 Å². The molecule has 0 bridgehead atoms. The number of rotatable bonds is 8. The van der Waals surface area contributed by atoms with Crippen molar-refractivity contribution in [3.8, 4) is 5.75 Å². The normalized spacial score (nSPS) is 26.8. The predicted molar refractivity (Wildman–Crippen MR) is 135 cm³/mol. The van der Waals surface area contributed by atoms with Gasteiger partial charge in [-0.25, -0.2) is 0 Å². The third-order valence-electron chi connectivity index (χ3n) is 8.59. The lowest BCUT2D eigenvalue weighted by molar-refractivity contribution is -0.134. The number of piperidine rings is 2. The molecule has 3 heterocycles. The maximum absolute atomic E-state index is 13.7. The molecule has 1 aromatic carbocycles. The van der Waals surface area contributed by atoms with E-state index in [1.807, 2.05) is 18.2 Å². The third-order valence-corrected chi connectivity index (χ3v) is 8.59. The number of Topliss-reactive ketones (excluding diaryl/α,β-unsaturated/α-hetero) is 1. The van der Waals surface area contributed by atoms with Crippen molar-refractivity contribution < 1.29 is 29.0 Å². The molecule has 5 rings (SSSR count). The van der Waals surface area contributed by atoms with E-state index in [-0.39, 0.29) is 35.5 Å². The first-order chi connectivity index (χ1) is 17.7.